The Morgan fingerprint density at radius 1 is 0.493 bits per heavy atom. The van der Waals surface area contributed by atoms with Gasteiger partial charge in [0.25, 0.3) is 0 Å². The Balaban J connectivity index is 1.33. The van der Waals surface area contributed by atoms with Gasteiger partial charge in [0.1, 0.15) is 90.3 Å². The Morgan fingerprint density at radius 2 is 0.940 bits per heavy atom. The summed E-state index contributed by atoms with van der Waals surface area (Å²) < 4.78 is 0. The number of aromatic hydroxyl groups is 1. The molecule has 3 saturated heterocycles. The van der Waals surface area contributed by atoms with Crippen LogP contribution in [-0.2, 0) is 114 Å². The maximum Gasteiger partial charge on any atom is 0.327 e. The summed E-state index contributed by atoms with van der Waals surface area (Å²) in [7, 11) is 1.67. The van der Waals surface area contributed by atoms with Gasteiger partial charge in [0.15, 0.2) is 5.96 Å². The van der Waals surface area contributed by atoms with E-state index in [1.807, 2.05) is 0 Å². The van der Waals surface area contributed by atoms with E-state index in [1.165, 1.54) is 36.1 Å². The molecule has 134 heavy (non-hydrogen) atoms. The van der Waals surface area contributed by atoms with Crippen LogP contribution in [0.3, 0.4) is 0 Å². The monoisotopic (exact) mass is 1920 g/mol. The summed E-state index contributed by atoms with van der Waals surface area (Å²) in [6.07, 6.45) is -6.21. The van der Waals surface area contributed by atoms with Crippen molar-refractivity contribution in [2.75, 3.05) is 50.8 Å². The van der Waals surface area contributed by atoms with Gasteiger partial charge in [0, 0.05) is 86.8 Å². The van der Waals surface area contributed by atoms with Crippen LogP contribution in [0.15, 0.2) is 54.7 Å². The molecule has 31 N–H and O–H groups in total. The molecule has 3 aromatic rings. The minimum Gasteiger partial charge on any atom is -0.508 e. The molecule has 736 valence electrons. The molecule has 0 radical (unpaired) electrons. The number of carboxylic acids is 4. The zero-order valence-electron chi connectivity index (χ0n) is 73.8. The molecule has 2 aromatic carbocycles. The molecule has 16 atom stereocenters. The lowest BCUT2D eigenvalue weighted by atomic mass is 10.0. The lowest BCUT2D eigenvalue weighted by Crippen LogP contribution is -2.61. The first-order valence-electron chi connectivity index (χ1n) is 43.2. The van der Waals surface area contributed by atoms with Crippen molar-refractivity contribution in [1.29, 1.82) is 5.41 Å². The van der Waals surface area contributed by atoms with Crippen LogP contribution in [0.1, 0.15) is 141 Å². The number of nitrogens with two attached hydrogens (primary N) is 4. The van der Waals surface area contributed by atoms with Crippen LogP contribution in [0.2, 0.25) is 0 Å². The predicted molar refractivity (Wildman–Crippen MR) is 477 cm³/mol. The molecule has 0 aliphatic carbocycles. The Kier molecular flexibility index (Phi) is 44.4. The van der Waals surface area contributed by atoms with Crippen molar-refractivity contribution in [3.8, 4) is 5.75 Å². The van der Waals surface area contributed by atoms with Gasteiger partial charge in [-0.05, 0) is 140 Å². The number of hydrogen-bond donors (Lipinski definition) is 27. The number of aromatic nitrogens is 1. The van der Waals surface area contributed by atoms with Crippen LogP contribution in [0.5, 0.6) is 5.75 Å². The number of primary amides is 1. The quantitative estimate of drug-likeness (QED) is 0.0154. The van der Waals surface area contributed by atoms with E-state index in [4.69, 9.17) is 28.3 Å². The number of amides is 17. The maximum absolute atomic E-state index is 15.1. The molecule has 1 aromatic heterocycles. The summed E-state index contributed by atoms with van der Waals surface area (Å²) in [5, 5.41) is 105. The molecule has 0 unspecified atom stereocenters. The predicted octanol–water partition coefficient (Wildman–Crippen LogP) is -7.83. The fourth-order valence-corrected chi connectivity index (χ4v) is 16.7. The summed E-state index contributed by atoms with van der Waals surface area (Å²) >= 11 is 0. The molecular weight excluding hydrogens is 1800 g/mol. The highest BCUT2D eigenvalue weighted by Crippen LogP contribution is 2.27. The summed E-state index contributed by atoms with van der Waals surface area (Å²) in [6.45, 7) is 1.19. The van der Waals surface area contributed by atoms with E-state index in [1.54, 1.807) is 30.5 Å². The molecule has 6 rings (SSSR count). The van der Waals surface area contributed by atoms with E-state index >= 15 is 4.79 Å². The molecule has 17 amide bonds. The summed E-state index contributed by atoms with van der Waals surface area (Å²) in [6, 6.07) is -12.4. The second kappa shape index (κ2) is 54.5. The molecular formula is C82H119N23O27S2. The zero-order valence-corrected chi connectivity index (χ0v) is 75.4. The van der Waals surface area contributed by atoms with Crippen LogP contribution in [-0.4, -0.2) is 323 Å². The number of benzene rings is 2. The van der Waals surface area contributed by atoms with Gasteiger partial charge in [0.05, 0.1) is 25.2 Å². The molecule has 50 nitrogen and oxygen atoms in total. The number of rotatable bonds is 26. The van der Waals surface area contributed by atoms with Gasteiger partial charge in [0.2, 0.25) is 100 Å². The minimum absolute atomic E-state index is 0.0161. The number of unbranched alkanes of at least 4 members (excludes halogenated alkanes) is 1. The summed E-state index contributed by atoms with van der Waals surface area (Å²) in [5.74, 6) is -25.6. The number of nitrogens with zero attached hydrogens (tertiary/aromatic N) is 2. The van der Waals surface area contributed by atoms with Gasteiger partial charge < -0.3 is 148 Å². The molecule has 0 spiro atoms. The van der Waals surface area contributed by atoms with E-state index in [-0.39, 0.29) is 102 Å². The number of para-hydroxylation sites is 1. The average Bonchev–Trinajstić information content (AvgIpc) is 1.66. The van der Waals surface area contributed by atoms with Crippen LogP contribution in [0.4, 0.5) is 0 Å². The summed E-state index contributed by atoms with van der Waals surface area (Å²) in [5.41, 5.74) is 24.4. The SMILES string of the molecule is C[C@@H]1NC(=O)CNC(=O)[C@H](CCC(=O)O)NC(=O)[C@@H]2CCCN2C(=O)[C@H]([C@H](C)O)NC(=O)[C@H](CCC(=O)O)NC(=O)[C@H](CCCNC(=N)N)NC(=O)[C@H](CCC(N)=O)NC(=O)CNC(=O)[C@@H](N)CSSC[C@@H](C(=O)O)NC(=O)[C@H](Cc2ccc(O)cc2)NC(=O)[C@H](Cc2c[nH]c3ccccc23)NC(=O)[C@@H]2CCCN2C(=O)[C@H](CCCCN)NC(=O)[C@H](C)NC(=O)[C@H](CCC(=O)O)NC1=O. The molecule has 0 bridgehead atoms. The van der Waals surface area contributed by atoms with Crippen molar-refractivity contribution in [3.63, 3.8) is 0 Å². The maximum atomic E-state index is 15.1. The molecule has 0 saturated carbocycles. The van der Waals surface area contributed by atoms with Gasteiger partial charge in [-0.1, -0.05) is 51.9 Å². The number of aliphatic carboxylic acids is 4. The molecule has 4 heterocycles. The van der Waals surface area contributed by atoms with Crippen molar-refractivity contribution >= 4 is 163 Å². The van der Waals surface area contributed by atoms with E-state index in [0.29, 0.717) is 28.5 Å². The number of H-pyrrole nitrogens is 1. The number of hydrogen-bond acceptors (Lipinski definition) is 28. The van der Waals surface area contributed by atoms with Crippen molar-refractivity contribution in [1.82, 2.24) is 94.5 Å². The molecule has 3 aliphatic rings. The number of phenolic OH excluding ortho intramolecular Hbond substituents is 1. The normalized spacial score (nSPS) is 25.4. The van der Waals surface area contributed by atoms with E-state index in [2.05, 4.69) is 84.7 Å². The third-order valence-electron chi connectivity index (χ3n) is 21.7. The number of carbonyl (C=O) groups is 21. The second-order valence-corrected chi connectivity index (χ2v) is 34.7. The first kappa shape index (κ1) is 109. The molecule has 3 fully saturated rings. The van der Waals surface area contributed by atoms with E-state index in [0.717, 1.165) is 40.3 Å². The Morgan fingerprint density at radius 3 is 1.50 bits per heavy atom. The minimum atomic E-state index is -2.00. The standard InChI is InChI=1S/C82H119N23O27S2/c1-40-67(117)95-52(23-27-64(113)114)71(121)93-41(2)68(118)99-54(13-6-7-29-83)79(129)104-31-9-15-58(104)78(128)101-56(34-44-35-89-48-12-5-4-11-46(44)48)76(126)100-55(33-43-17-19-45(107)20-18-43)75(125)102-57(81(131)132)39-134-133-38-47(84)69(119)90-37-62(110)94-51(21-25-60(85)108)73(123)96-49(14-8-30-88-82(86)87)72(122)97-53(24-28-65(115)116)74(124)103-66(42(3)106)80(130)105-32-10-16-59(105)77(127)98-50(22-26-63(111)112)70(120)91-36-61(109)92-40/h4-5,11-12,17-20,35,40-42,47,49-59,66,89,106-107H,6-10,13-16,21-34,36-39,83-84H2,1-3H3,(H2,85,108)(H,90,119)(H,91,120)(H,92,109)(H,93,121)(H,94,110)(H,95,117)(H,96,123)(H,97,122)(H,98,127)(H,99,118)(H,100,126)(H,101,128)(H,102,125)(H,103,124)(H,111,112)(H,113,114)(H,115,116)(H,131,132)(H4,86,87,88)/t40-,41-,42-,47-,49-,50-,51-,52-,53-,54-,55-,56-,57-,58-,59-,66-/m0/s1. The number of carboxylic acid groups (broad SMARTS) is 4. The van der Waals surface area contributed by atoms with Crippen molar-refractivity contribution in [2.45, 2.75) is 239 Å². The second-order valence-electron chi connectivity index (χ2n) is 32.2. The van der Waals surface area contributed by atoms with Gasteiger partial charge in [-0.2, -0.15) is 0 Å². The van der Waals surface area contributed by atoms with Crippen molar-refractivity contribution in [3.05, 3.63) is 65.9 Å². The third kappa shape index (κ3) is 35.9. The number of aliphatic hydroxyl groups excluding tert-OH is 1. The van der Waals surface area contributed by atoms with E-state index in [9.17, 15) is 127 Å². The average molecular weight is 1920 g/mol. The first-order chi connectivity index (χ1) is 63.4. The van der Waals surface area contributed by atoms with Gasteiger partial charge in [-0.3, -0.25) is 101 Å². The first-order valence-corrected chi connectivity index (χ1v) is 45.7. The number of phenols is 1. The van der Waals surface area contributed by atoms with Crippen LogP contribution in [0.25, 0.3) is 10.9 Å². The largest absolute Gasteiger partial charge is 0.508 e. The van der Waals surface area contributed by atoms with Crippen molar-refractivity contribution in [2.24, 2.45) is 22.9 Å². The smallest absolute Gasteiger partial charge is 0.327 e. The van der Waals surface area contributed by atoms with Gasteiger partial charge >= 0.3 is 23.9 Å². The Hall–Kier alpha value is -13.5. The lowest BCUT2D eigenvalue weighted by Gasteiger charge is -2.32. The Bertz CT molecular complexity index is 4740. The highest BCUT2D eigenvalue weighted by molar-refractivity contribution is 8.76. The fourth-order valence-electron chi connectivity index (χ4n) is 14.4. The summed E-state index contributed by atoms with van der Waals surface area (Å²) in [4.78, 5) is 294. The van der Waals surface area contributed by atoms with E-state index < -0.39 is 297 Å². The highest BCUT2D eigenvalue weighted by Gasteiger charge is 2.44. The van der Waals surface area contributed by atoms with Gasteiger partial charge in [-0.15, -0.1) is 0 Å². The van der Waals surface area contributed by atoms with Crippen molar-refractivity contribution < 1.29 is 131 Å². The number of aliphatic hydroxyl groups is 1. The number of guanidine groups is 1. The number of aromatic amines is 1. The van der Waals surface area contributed by atoms with Crippen LogP contribution >= 0.6 is 21.6 Å². The lowest BCUT2D eigenvalue weighted by molar-refractivity contribution is -0.145. The highest BCUT2D eigenvalue weighted by atomic mass is 33.1. The topological polar surface area (TPSA) is 810 Å². The molecule has 3 aliphatic heterocycles. The number of fused-ring (bicyclic) bond motifs is 3. The third-order valence-corrected chi connectivity index (χ3v) is 24.1. The number of nitrogens with one attached hydrogen (secondary N) is 17. The van der Waals surface area contributed by atoms with Crippen LogP contribution < -0.4 is 103 Å². The fraction of sp³-hybridized carbons (Fsp3) is 0.561. The van der Waals surface area contributed by atoms with Crippen LogP contribution in [0, 0.1) is 5.41 Å². The zero-order chi connectivity index (χ0) is 99.2. The molecule has 52 heteroatoms. The van der Waals surface area contributed by atoms with Gasteiger partial charge in [-0.25, -0.2) is 4.79 Å². The Labute approximate surface area is 775 Å². The number of carbonyl (C=O) groups excluding carboxylic acids is 17.